The zero-order valence-electron chi connectivity index (χ0n) is 57.4. The maximum absolute atomic E-state index is 12.4. The molecule has 85 heavy (non-hydrogen) atoms. The van der Waals surface area contributed by atoms with E-state index in [0.717, 1.165) is 50.4 Å². The molecule has 15 nitrogen and oxygen atoms in total. The molecular formula is C69H139NO14S. The van der Waals surface area contributed by atoms with Crippen LogP contribution in [0.1, 0.15) is 312 Å². The normalized spacial score (nSPS) is 14.1. The van der Waals surface area contributed by atoms with Crippen LogP contribution in [0.15, 0.2) is 0 Å². The topological polar surface area (TPSA) is 174 Å². The van der Waals surface area contributed by atoms with E-state index in [0.29, 0.717) is 65.7 Å². The van der Waals surface area contributed by atoms with Gasteiger partial charge in [0.15, 0.2) is 0 Å². The number of quaternary nitrogens is 1. The smallest absolute Gasteiger partial charge is 0.306 e. The van der Waals surface area contributed by atoms with E-state index in [1.165, 1.54) is 218 Å². The highest BCUT2D eigenvalue weighted by Gasteiger charge is 2.18. The molecule has 0 aliphatic heterocycles. The second-order valence-corrected chi connectivity index (χ2v) is 26.7. The summed E-state index contributed by atoms with van der Waals surface area (Å²) in [7, 11) is 0.771. The molecule has 0 fully saturated rings. The molecule has 0 saturated carbocycles. The highest BCUT2D eigenvalue weighted by Crippen LogP contribution is 2.18. The van der Waals surface area contributed by atoms with Gasteiger partial charge in [-0.15, -0.1) is 0 Å². The standard InChI is InChI=1S/C68H136NO10.CH4O4S/c1-11-13-15-17-19-21-23-25-27-29-31-33-35-37-39-41-43-45-47-49-67(70)78-65(7)59-76-63(5)57-74-61(3)55-72-53-51-69(9,10)52-54-73-56-62(4)75-58-64(6)77-60-66(8)79-68(71)50-48-46-44-42-40-38-36-34-32-30-28-26-24-22-20-18-16-14-12-2;1-5-6(2,3)4/h61-66H,11-60H2,1-10H3;1H3,(H,2,3,4)/q+1;/p-1. The molecule has 6 atom stereocenters. The number of hydrogen-bond donors (Lipinski definition) is 0. The molecule has 0 spiro atoms. The summed E-state index contributed by atoms with van der Waals surface area (Å²) in [6, 6.07) is 0. The van der Waals surface area contributed by atoms with Crippen LogP contribution in [0.5, 0.6) is 0 Å². The van der Waals surface area contributed by atoms with Crippen LogP contribution in [-0.2, 0) is 62.1 Å². The fraction of sp³-hybridized carbons (Fsp3) is 0.971. The molecule has 0 bridgehead atoms. The van der Waals surface area contributed by atoms with Crippen LogP contribution in [-0.4, -0.2) is 153 Å². The van der Waals surface area contributed by atoms with Crippen molar-refractivity contribution in [1.29, 1.82) is 0 Å². The molecular weight excluding hydrogens is 1100 g/mol. The molecule has 0 saturated heterocycles. The minimum absolute atomic E-state index is 0.0574. The van der Waals surface area contributed by atoms with Crippen molar-refractivity contribution in [1.82, 2.24) is 0 Å². The second kappa shape index (κ2) is 62.7. The Balaban J connectivity index is 0. The van der Waals surface area contributed by atoms with Crippen LogP contribution in [0.25, 0.3) is 0 Å². The lowest BCUT2D eigenvalue weighted by molar-refractivity contribution is -0.891. The van der Waals surface area contributed by atoms with E-state index < -0.39 is 10.4 Å². The second-order valence-electron chi connectivity index (χ2n) is 25.5. The lowest BCUT2D eigenvalue weighted by Crippen LogP contribution is -2.45. The summed E-state index contributed by atoms with van der Waals surface area (Å²) in [6.45, 7) is 22.0. The summed E-state index contributed by atoms with van der Waals surface area (Å²) in [6.07, 6.45) is 51.1. The van der Waals surface area contributed by atoms with Crippen molar-refractivity contribution in [2.75, 3.05) is 87.1 Å². The first-order chi connectivity index (χ1) is 40.8. The molecule has 0 aromatic heterocycles. The minimum atomic E-state index is -4.41. The van der Waals surface area contributed by atoms with Gasteiger partial charge in [0.05, 0.1) is 98.5 Å². The molecule has 16 heteroatoms. The van der Waals surface area contributed by atoms with E-state index in [-0.39, 0.29) is 48.6 Å². The van der Waals surface area contributed by atoms with Gasteiger partial charge in [-0.2, -0.15) is 0 Å². The van der Waals surface area contributed by atoms with E-state index in [9.17, 15) is 22.6 Å². The number of ether oxygens (including phenoxy) is 8. The van der Waals surface area contributed by atoms with Crippen LogP contribution in [0.4, 0.5) is 0 Å². The number of carbonyl (C=O) groups is 2. The fourth-order valence-electron chi connectivity index (χ4n) is 9.96. The highest BCUT2D eigenvalue weighted by molar-refractivity contribution is 7.80. The minimum Gasteiger partial charge on any atom is -0.726 e. The summed E-state index contributed by atoms with van der Waals surface area (Å²) >= 11 is 0. The van der Waals surface area contributed by atoms with E-state index in [4.69, 9.17) is 37.9 Å². The van der Waals surface area contributed by atoms with Gasteiger partial charge in [-0.3, -0.25) is 13.8 Å². The first-order valence-corrected chi connectivity index (χ1v) is 36.5. The maximum Gasteiger partial charge on any atom is 0.306 e. The summed E-state index contributed by atoms with van der Waals surface area (Å²) in [5.41, 5.74) is 0. The Kier molecular flexibility index (Phi) is 63.1. The third-order valence-electron chi connectivity index (χ3n) is 15.7. The number of likely N-dealkylation sites (N-methyl/N-ethyl adjacent to an activating group) is 1. The fourth-order valence-corrected chi connectivity index (χ4v) is 9.96. The van der Waals surface area contributed by atoms with E-state index in [1.54, 1.807) is 0 Å². The first-order valence-electron chi connectivity index (χ1n) is 35.2. The van der Waals surface area contributed by atoms with Crippen molar-refractivity contribution in [3.05, 3.63) is 0 Å². The molecule has 0 radical (unpaired) electrons. The number of nitrogens with zero attached hydrogens (tertiary/aromatic N) is 1. The van der Waals surface area contributed by atoms with Crippen molar-refractivity contribution < 1.29 is 69.1 Å². The third-order valence-corrected chi connectivity index (χ3v) is 16.1. The molecule has 0 N–H and O–H groups in total. The molecule has 0 amide bonds. The van der Waals surface area contributed by atoms with Crippen LogP contribution >= 0.6 is 0 Å². The third kappa shape index (κ3) is 69.9. The number of carbonyl (C=O) groups excluding carboxylic acids is 2. The van der Waals surface area contributed by atoms with Gasteiger partial charge < -0.3 is 46.9 Å². The van der Waals surface area contributed by atoms with E-state index in [1.807, 2.05) is 41.5 Å². The largest absolute Gasteiger partial charge is 0.726 e. The Hall–Kier alpha value is -1.47. The van der Waals surface area contributed by atoms with Crippen molar-refractivity contribution in [3.8, 4) is 0 Å². The average Bonchev–Trinajstić information content (AvgIpc) is 3.50. The Morgan fingerprint density at radius 3 is 0.776 bits per heavy atom. The van der Waals surface area contributed by atoms with Crippen LogP contribution in [0.3, 0.4) is 0 Å². The Bertz CT molecular complexity index is 1430. The Morgan fingerprint density at radius 2 is 0.553 bits per heavy atom. The van der Waals surface area contributed by atoms with Gasteiger partial charge in [0.25, 0.3) is 0 Å². The zero-order valence-corrected chi connectivity index (χ0v) is 58.2. The Labute approximate surface area is 525 Å². The van der Waals surface area contributed by atoms with Crippen molar-refractivity contribution >= 4 is 22.3 Å². The maximum atomic E-state index is 12.4. The highest BCUT2D eigenvalue weighted by atomic mass is 32.3. The summed E-state index contributed by atoms with van der Waals surface area (Å²) in [5.74, 6) is -0.254. The monoisotopic (exact) mass is 1240 g/mol. The molecule has 0 rings (SSSR count). The average molecular weight is 1240 g/mol. The van der Waals surface area contributed by atoms with Gasteiger partial charge in [-0.05, 0) is 54.4 Å². The molecule has 0 aromatic carbocycles. The molecule has 0 aliphatic carbocycles. The van der Waals surface area contributed by atoms with Gasteiger partial charge in [-0.25, -0.2) is 8.42 Å². The quantitative estimate of drug-likeness (QED) is 0.0185. The predicted octanol–water partition coefficient (Wildman–Crippen LogP) is 17.3. The van der Waals surface area contributed by atoms with Crippen LogP contribution in [0, 0.1) is 0 Å². The summed E-state index contributed by atoms with van der Waals surface area (Å²) in [4.78, 5) is 24.8. The van der Waals surface area contributed by atoms with Gasteiger partial charge in [0.2, 0.25) is 10.4 Å². The SMILES string of the molecule is CCCCCCCCCCCCCCCCCCCCCC(=O)OC(C)COC(C)COC(C)COCC[N+](C)(C)CCOCC(C)OCC(C)OCC(C)OC(=O)CCCCCCCCCCCCCCCCCCCCC.COS(=O)(=O)[O-]. The van der Waals surface area contributed by atoms with E-state index >= 15 is 0 Å². The number of hydrogen-bond acceptors (Lipinski definition) is 14. The molecule has 0 aromatic rings. The lowest BCUT2D eigenvalue weighted by atomic mass is 10.0. The summed E-state index contributed by atoms with van der Waals surface area (Å²) < 4.78 is 78.9. The van der Waals surface area contributed by atoms with E-state index in [2.05, 4.69) is 32.1 Å². The van der Waals surface area contributed by atoms with Gasteiger partial charge in [0, 0.05) is 12.8 Å². The molecule has 510 valence electrons. The van der Waals surface area contributed by atoms with Gasteiger partial charge in [0.1, 0.15) is 25.3 Å². The number of esters is 2. The number of unbranched alkanes of at least 4 members (excludes halogenated alkanes) is 36. The first kappa shape index (κ1) is 85.6. The predicted molar refractivity (Wildman–Crippen MR) is 349 cm³/mol. The molecule has 6 unspecified atom stereocenters. The van der Waals surface area contributed by atoms with Crippen LogP contribution in [0.2, 0.25) is 0 Å². The van der Waals surface area contributed by atoms with Crippen molar-refractivity contribution in [2.24, 2.45) is 0 Å². The zero-order chi connectivity index (χ0) is 63.3. The summed E-state index contributed by atoms with van der Waals surface area (Å²) in [5, 5.41) is 0. The van der Waals surface area contributed by atoms with Gasteiger partial charge >= 0.3 is 11.9 Å². The molecule has 0 heterocycles. The lowest BCUT2D eigenvalue weighted by Gasteiger charge is -2.30. The molecule has 0 aliphatic rings. The van der Waals surface area contributed by atoms with Crippen molar-refractivity contribution in [2.45, 2.75) is 349 Å². The Morgan fingerprint density at radius 1 is 0.353 bits per heavy atom. The van der Waals surface area contributed by atoms with Crippen LogP contribution < -0.4 is 0 Å². The number of rotatable bonds is 65. The van der Waals surface area contributed by atoms with Gasteiger partial charge in [-0.1, -0.05) is 245 Å². The van der Waals surface area contributed by atoms with Crippen molar-refractivity contribution in [3.63, 3.8) is 0 Å².